The molecule has 1 unspecified atom stereocenters. The van der Waals surface area contributed by atoms with Crippen LogP contribution in [0, 0.1) is 13.8 Å². The van der Waals surface area contributed by atoms with E-state index in [0.717, 1.165) is 35.9 Å². The third-order valence-corrected chi connectivity index (χ3v) is 3.51. The van der Waals surface area contributed by atoms with Crippen molar-refractivity contribution in [3.8, 4) is 5.75 Å². The van der Waals surface area contributed by atoms with Gasteiger partial charge < -0.3 is 10.1 Å². The lowest BCUT2D eigenvalue weighted by Gasteiger charge is -2.27. The zero-order chi connectivity index (χ0) is 13.2. The summed E-state index contributed by atoms with van der Waals surface area (Å²) < 4.78 is 5.69. The number of rotatable bonds is 2. The summed E-state index contributed by atoms with van der Waals surface area (Å²) in [4.78, 5) is 4.50. The van der Waals surface area contributed by atoms with Crippen LogP contribution in [0.5, 0.6) is 5.75 Å². The Balaban J connectivity index is 1.88. The Morgan fingerprint density at radius 1 is 1.16 bits per heavy atom. The van der Waals surface area contributed by atoms with Crippen LogP contribution in [-0.4, -0.2) is 11.6 Å². The van der Waals surface area contributed by atoms with Crippen molar-refractivity contribution in [2.75, 3.05) is 11.9 Å². The van der Waals surface area contributed by atoms with Crippen molar-refractivity contribution in [2.24, 2.45) is 0 Å². The number of fused-ring (bicyclic) bond motifs is 1. The average Bonchev–Trinajstić information content (AvgIpc) is 2.42. The van der Waals surface area contributed by atoms with Crippen LogP contribution in [0.3, 0.4) is 0 Å². The molecule has 1 aromatic heterocycles. The number of hydrogen-bond donors (Lipinski definition) is 1. The quantitative estimate of drug-likeness (QED) is 0.888. The molecule has 0 aliphatic carbocycles. The van der Waals surface area contributed by atoms with E-state index in [-0.39, 0.29) is 0 Å². The highest BCUT2D eigenvalue weighted by Gasteiger charge is 2.21. The molecule has 98 valence electrons. The Bertz CT molecular complexity index is 595. The van der Waals surface area contributed by atoms with Gasteiger partial charge in [0.15, 0.2) is 0 Å². The Morgan fingerprint density at radius 2 is 2.00 bits per heavy atom. The molecule has 1 aliphatic heterocycles. The van der Waals surface area contributed by atoms with Gasteiger partial charge in [-0.2, -0.15) is 0 Å². The maximum Gasteiger partial charge on any atom is 0.124 e. The minimum Gasteiger partial charge on any atom is -0.493 e. The largest absolute Gasteiger partial charge is 0.493 e. The molecule has 0 saturated carbocycles. The van der Waals surface area contributed by atoms with E-state index in [9.17, 15) is 0 Å². The Morgan fingerprint density at radius 3 is 2.84 bits per heavy atom. The van der Waals surface area contributed by atoms with Crippen LogP contribution in [0.1, 0.15) is 29.4 Å². The van der Waals surface area contributed by atoms with Crippen LogP contribution < -0.4 is 10.1 Å². The summed E-state index contributed by atoms with van der Waals surface area (Å²) in [5, 5.41) is 3.59. The second-order valence-corrected chi connectivity index (χ2v) is 4.96. The number of hydrogen-bond acceptors (Lipinski definition) is 3. The SMILES string of the molecule is Cc1ccc(NC2CCOc3ccccc32)c(C)n1. The van der Waals surface area contributed by atoms with Gasteiger partial charge in [-0.15, -0.1) is 0 Å². The van der Waals surface area contributed by atoms with Gasteiger partial charge in [-0.3, -0.25) is 4.98 Å². The molecule has 1 N–H and O–H groups in total. The number of nitrogens with one attached hydrogen (secondary N) is 1. The second-order valence-electron chi connectivity index (χ2n) is 4.96. The third-order valence-electron chi connectivity index (χ3n) is 3.51. The van der Waals surface area contributed by atoms with Gasteiger partial charge in [0.2, 0.25) is 0 Å². The molecule has 3 heteroatoms. The monoisotopic (exact) mass is 254 g/mol. The molecule has 0 saturated heterocycles. The van der Waals surface area contributed by atoms with Crippen molar-refractivity contribution in [1.82, 2.24) is 4.98 Å². The topological polar surface area (TPSA) is 34.1 Å². The number of aromatic nitrogens is 1. The summed E-state index contributed by atoms with van der Waals surface area (Å²) in [6.07, 6.45) is 0.977. The summed E-state index contributed by atoms with van der Waals surface area (Å²) in [5.74, 6) is 0.990. The van der Waals surface area contributed by atoms with Crippen LogP contribution >= 0.6 is 0 Å². The smallest absolute Gasteiger partial charge is 0.124 e. The minimum atomic E-state index is 0.299. The summed E-state index contributed by atoms with van der Waals surface area (Å²) in [7, 11) is 0. The zero-order valence-electron chi connectivity index (χ0n) is 11.3. The van der Waals surface area contributed by atoms with E-state index < -0.39 is 0 Å². The van der Waals surface area contributed by atoms with E-state index in [1.807, 2.05) is 32.0 Å². The lowest BCUT2D eigenvalue weighted by molar-refractivity contribution is 0.274. The van der Waals surface area contributed by atoms with Crippen molar-refractivity contribution in [3.63, 3.8) is 0 Å². The van der Waals surface area contributed by atoms with Crippen LogP contribution in [0.4, 0.5) is 5.69 Å². The number of ether oxygens (including phenoxy) is 1. The normalized spacial score (nSPS) is 17.5. The summed E-state index contributed by atoms with van der Waals surface area (Å²) in [5.41, 5.74) is 4.43. The third kappa shape index (κ3) is 2.41. The Kier molecular flexibility index (Phi) is 3.11. The first-order chi connectivity index (χ1) is 9.24. The highest BCUT2D eigenvalue weighted by atomic mass is 16.5. The zero-order valence-corrected chi connectivity index (χ0v) is 11.3. The lowest BCUT2D eigenvalue weighted by Crippen LogP contribution is -2.20. The van der Waals surface area contributed by atoms with Gasteiger partial charge in [0.25, 0.3) is 0 Å². The first-order valence-electron chi connectivity index (χ1n) is 6.66. The second kappa shape index (κ2) is 4.92. The van der Waals surface area contributed by atoms with Gasteiger partial charge >= 0.3 is 0 Å². The summed E-state index contributed by atoms with van der Waals surface area (Å²) in [6, 6.07) is 12.7. The van der Waals surface area contributed by atoms with Crippen LogP contribution in [0.2, 0.25) is 0 Å². The molecule has 3 rings (SSSR count). The van der Waals surface area contributed by atoms with Gasteiger partial charge in [-0.1, -0.05) is 18.2 Å². The fraction of sp³-hybridized carbons (Fsp3) is 0.312. The first-order valence-corrected chi connectivity index (χ1v) is 6.66. The molecule has 0 radical (unpaired) electrons. The molecule has 19 heavy (non-hydrogen) atoms. The Labute approximate surface area is 113 Å². The predicted molar refractivity (Wildman–Crippen MR) is 76.6 cm³/mol. The van der Waals surface area contributed by atoms with E-state index in [1.54, 1.807) is 0 Å². The van der Waals surface area contributed by atoms with Crippen LogP contribution in [0.15, 0.2) is 36.4 Å². The van der Waals surface area contributed by atoms with Crippen molar-refractivity contribution < 1.29 is 4.74 Å². The fourth-order valence-electron chi connectivity index (χ4n) is 2.52. The van der Waals surface area contributed by atoms with Crippen molar-refractivity contribution >= 4 is 5.69 Å². The van der Waals surface area contributed by atoms with Gasteiger partial charge in [-0.25, -0.2) is 0 Å². The maximum absolute atomic E-state index is 5.69. The van der Waals surface area contributed by atoms with Crippen molar-refractivity contribution in [1.29, 1.82) is 0 Å². The van der Waals surface area contributed by atoms with Gasteiger partial charge in [-0.05, 0) is 32.0 Å². The predicted octanol–water partition coefficient (Wildman–Crippen LogP) is 3.63. The van der Waals surface area contributed by atoms with Crippen LogP contribution in [-0.2, 0) is 0 Å². The molecule has 2 heterocycles. The van der Waals surface area contributed by atoms with Crippen molar-refractivity contribution in [3.05, 3.63) is 53.3 Å². The molecule has 2 aromatic rings. The van der Waals surface area contributed by atoms with Crippen LogP contribution in [0.25, 0.3) is 0 Å². The number of nitrogens with zero attached hydrogens (tertiary/aromatic N) is 1. The number of pyridine rings is 1. The molecule has 1 atom stereocenters. The molecule has 1 aliphatic rings. The molecule has 0 spiro atoms. The number of benzene rings is 1. The van der Waals surface area contributed by atoms with Gasteiger partial charge in [0.1, 0.15) is 5.75 Å². The molecular formula is C16H18N2O. The van der Waals surface area contributed by atoms with E-state index in [2.05, 4.69) is 28.5 Å². The van der Waals surface area contributed by atoms with E-state index in [0.29, 0.717) is 6.04 Å². The summed E-state index contributed by atoms with van der Waals surface area (Å²) >= 11 is 0. The Hall–Kier alpha value is -2.03. The molecule has 0 amide bonds. The molecule has 0 fully saturated rings. The maximum atomic E-state index is 5.69. The fourth-order valence-corrected chi connectivity index (χ4v) is 2.52. The number of aryl methyl sites for hydroxylation is 2. The van der Waals surface area contributed by atoms with Gasteiger partial charge in [0, 0.05) is 17.7 Å². The van der Waals surface area contributed by atoms with E-state index >= 15 is 0 Å². The number of anilines is 1. The first kappa shape index (κ1) is 12.0. The van der Waals surface area contributed by atoms with Crippen molar-refractivity contribution in [2.45, 2.75) is 26.3 Å². The average molecular weight is 254 g/mol. The van der Waals surface area contributed by atoms with Gasteiger partial charge in [0.05, 0.1) is 24.0 Å². The lowest BCUT2D eigenvalue weighted by atomic mass is 10.00. The molecule has 0 bridgehead atoms. The summed E-state index contributed by atoms with van der Waals surface area (Å²) in [6.45, 7) is 4.81. The number of para-hydroxylation sites is 1. The molecular weight excluding hydrogens is 236 g/mol. The molecule has 3 nitrogen and oxygen atoms in total. The van der Waals surface area contributed by atoms with E-state index in [1.165, 1.54) is 5.56 Å². The highest BCUT2D eigenvalue weighted by molar-refractivity contribution is 5.51. The minimum absolute atomic E-state index is 0.299. The molecule has 1 aromatic carbocycles. The van der Waals surface area contributed by atoms with E-state index in [4.69, 9.17) is 4.74 Å². The standard InChI is InChI=1S/C16H18N2O/c1-11-7-8-14(12(2)17-11)18-15-9-10-19-16-6-4-3-5-13(15)16/h3-8,15,18H,9-10H2,1-2H3. The highest BCUT2D eigenvalue weighted by Crippen LogP contribution is 2.34.